The minimum atomic E-state index is -0.314. The Morgan fingerprint density at radius 1 is 1.20 bits per heavy atom. The summed E-state index contributed by atoms with van der Waals surface area (Å²) in [4.78, 5) is 10.5. The minimum Gasteiger partial charge on any atom is -0.466 e. The highest BCUT2D eigenvalue weighted by molar-refractivity contribution is 5.65. The van der Waals surface area contributed by atoms with Crippen molar-refractivity contribution >= 4 is 5.97 Å². The maximum atomic E-state index is 10.5. The summed E-state index contributed by atoms with van der Waals surface area (Å²) in [5.74, 6) is -0.273. The van der Waals surface area contributed by atoms with Crippen LogP contribution in [0.3, 0.4) is 0 Å². The Morgan fingerprint density at radius 2 is 1.87 bits per heavy atom. The molecule has 0 aliphatic rings. The van der Waals surface area contributed by atoms with Gasteiger partial charge in [0, 0.05) is 13.3 Å². The SMILES string of the molecule is CCCCCCCC(O)CCOC(C)=O. The predicted molar refractivity (Wildman–Crippen MR) is 60.6 cm³/mol. The molecule has 0 aliphatic heterocycles. The first-order chi connectivity index (χ1) is 7.16. The fraction of sp³-hybridized carbons (Fsp3) is 0.917. The standard InChI is InChI=1S/C12H24O3/c1-3-4-5-6-7-8-12(14)9-10-15-11(2)13/h12,14H,3-10H2,1-2H3. The minimum absolute atomic E-state index is 0.273. The van der Waals surface area contributed by atoms with Crippen LogP contribution in [0.25, 0.3) is 0 Å². The van der Waals surface area contributed by atoms with Gasteiger partial charge < -0.3 is 9.84 Å². The molecule has 1 atom stereocenters. The Kier molecular flexibility index (Phi) is 9.59. The molecule has 0 radical (unpaired) electrons. The Labute approximate surface area is 92.8 Å². The Bertz CT molecular complexity index is 157. The zero-order valence-corrected chi connectivity index (χ0v) is 10.00. The van der Waals surface area contributed by atoms with E-state index >= 15 is 0 Å². The van der Waals surface area contributed by atoms with Crippen LogP contribution < -0.4 is 0 Å². The quantitative estimate of drug-likeness (QED) is 0.476. The highest BCUT2D eigenvalue weighted by atomic mass is 16.5. The van der Waals surface area contributed by atoms with Gasteiger partial charge in [-0.1, -0.05) is 39.0 Å². The summed E-state index contributed by atoms with van der Waals surface area (Å²) in [6, 6.07) is 0. The molecule has 15 heavy (non-hydrogen) atoms. The van der Waals surface area contributed by atoms with Gasteiger partial charge in [-0.15, -0.1) is 0 Å². The van der Waals surface area contributed by atoms with Gasteiger partial charge in [-0.25, -0.2) is 0 Å². The Balaban J connectivity index is 3.18. The van der Waals surface area contributed by atoms with Gasteiger partial charge in [0.25, 0.3) is 0 Å². The maximum absolute atomic E-state index is 10.5. The highest BCUT2D eigenvalue weighted by Gasteiger charge is 2.04. The average Bonchev–Trinajstić information content (AvgIpc) is 2.17. The lowest BCUT2D eigenvalue weighted by Crippen LogP contribution is -2.11. The largest absolute Gasteiger partial charge is 0.466 e. The van der Waals surface area contributed by atoms with Gasteiger partial charge in [-0.05, 0) is 6.42 Å². The number of rotatable bonds is 9. The second-order valence-electron chi connectivity index (χ2n) is 3.99. The van der Waals surface area contributed by atoms with Crippen LogP contribution in [0.5, 0.6) is 0 Å². The monoisotopic (exact) mass is 216 g/mol. The number of hydrogen-bond acceptors (Lipinski definition) is 3. The molecule has 0 spiro atoms. The van der Waals surface area contributed by atoms with Crippen molar-refractivity contribution in [3.63, 3.8) is 0 Å². The molecule has 0 saturated heterocycles. The van der Waals surface area contributed by atoms with E-state index in [9.17, 15) is 9.90 Å². The van der Waals surface area contributed by atoms with Gasteiger partial charge in [0.2, 0.25) is 0 Å². The van der Waals surface area contributed by atoms with Crippen LogP contribution in [0.15, 0.2) is 0 Å². The molecule has 0 aromatic carbocycles. The van der Waals surface area contributed by atoms with Gasteiger partial charge in [0.15, 0.2) is 0 Å². The van der Waals surface area contributed by atoms with Crippen LogP contribution in [0.4, 0.5) is 0 Å². The van der Waals surface area contributed by atoms with E-state index in [1.807, 2.05) is 0 Å². The first-order valence-corrected chi connectivity index (χ1v) is 5.98. The van der Waals surface area contributed by atoms with Crippen molar-refractivity contribution in [3.8, 4) is 0 Å². The Morgan fingerprint density at radius 3 is 2.47 bits per heavy atom. The molecule has 0 heterocycles. The summed E-state index contributed by atoms with van der Waals surface area (Å²) >= 11 is 0. The van der Waals surface area contributed by atoms with Crippen molar-refractivity contribution in [2.24, 2.45) is 0 Å². The van der Waals surface area contributed by atoms with Gasteiger partial charge >= 0.3 is 5.97 Å². The summed E-state index contributed by atoms with van der Waals surface area (Å²) in [7, 11) is 0. The molecule has 90 valence electrons. The predicted octanol–water partition coefficient (Wildman–Crippen LogP) is 2.66. The van der Waals surface area contributed by atoms with Crippen LogP contribution in [-0.4, -0.2) is 23.8 Å². The van der Waals surface area contributed by atoms with Crippen molar-refractivity contribution in [2.75, 3.05) is 6.61 Å². The number of aliphatic hydroxyl groups is 1. The van der Waals surface area contributed by atoms with E-state index in [1.54, 1.807) is 0 Å². The molecule has 0 aromatic rings. The molecule has 0 fully saturated rings. The fourth-order valence-corrected chi connectivity index (χ4v) is 1.47. The number of carbonyl (C=O) groups is 1. The molecular weight excluding hydrogens is 192 g/mol. The summed E-state index contributed by atoms with van der Waals surface area (Å²) in [5.41, 5.74) is 0. The third-order valence-electron chi connectivity index (χ3n) is 2.40. The smallest absolute Gasteiger partial charge is 0.302 e. The molecular formula is C12H24O3. The van der Waals surface area contributed by atoms with Crippen LogP contribution in [0.1, 0.15) is 58.8 Å². The van der Waals surface area contributed by atoms with Crippen molar-refractivity contribution in [2.45, 2.75) is 64.9 Å². The molecule has 0 saturated carbocycles. The lowest BCUT2D eigenvalue weighted by Gasteiger charge is -2.09. The van der Waals surface area contributed by atoms with Gasteiger partial charge in [0.05, 0.1) is 12.7 Å². The first kappa shape index (κ1) is 14.4. The molecule has 0 aromatic heterocycles. The second-order valence-corrected chi connectivity index (χ2v) is 3.99. The number of carbonyl (C=O) groups excluding carboxylic acids is 1. The van der Waals surface area contributed by atoms with Crippen LogP contribution in [-0.2, 0) is 9.53 Å². The zero-order chi connectivity index (χ0) is 11.5. The van der Waals surface area contributed by atoms with Gasteiger partial charge in [0.1, 0.15) is 0 Å². The van der Waals surface area contributed by atoms with Crippen molar-refractivity contribution in [3.05, 3.63) is 0 Å². The van der Waals surface area contributed by atoms with E-state index in [-0.39, 0.29) is 12.1 Å². The van der Waals surface area contributed by atoms with E-state index < -0.39 is 0 Å². The van der Waals surface area contributed by atoms with Crippen molar-refractivity contribution in [1.29, 1.82) is 0 Å². The van der Waals surface area contributed by atoms with E-state index in [1.165, 1.54) is 32.6 Å². The number of hydrogen-bond donors (Lipinski definition) is 1. The molecule has 0 amide bonds. The first-order valence-electron chi connectivity index (χ1n) is 5.98. The maximum Gasteiger partial charge on any atom is 0.302 e. The fourth-order valence-electron chi connectivity index (χ4n) is 1.47. The van der Waals surface area contributed by atoms with Crippen molar-refractivity contribution in [1.82, 2.24) is 0 Å². The van der Waals surface area contributed by atoms with Crippen LogP contribution >= 0.6 is 0 Å². The molecule has 3 nitrogen and oxygen atoms in total. The topological polar surface area (TPSA) is 46.5 Å². The number of aliphatic hydroxyl groups excluding tert-OH is 1. The highest BCUT2D eigenvalue weighted by Crippen LogP contribution is 2.09. The summed E-state index contributed by atoms with van der Waals surface area (Å²) in [6.45, 7) is 3.91. The van der Waals surface area contributed by atoms with E-state index in [2.05, 4.69) is 6.92 Å². The number of ether oxygens (including phenoxy) is 1. The van der Waals surface area contributed by atoms with Gasteiger partial charge in [-0.2, -0.15) is 0 Å². The average molecular weight is 216 g/mol. The van der Waals surface area contributed by atoms with Crippen LogP contribution in [0.2, 0.25) is 0 Å². The Hall–Kier alpha value is -0.570. The molecule has 0 rings (SSSR count). The second kappa shape index (κ2) is 9.97. The van der Waals surface area contributed by atoms with Gasteiger partial charge in [-0.3, -0.25) is 4.79 Å². The molecule has 0 bridgehead atoms. The van der Waals surface area contributed by atoms with Crippen LogP contribution in [0, 0.1) is 0 Å². The third-order valence-corrected chi connectivity index (χ3v) is 2.40. The van der Waals surface area contributed by atoms with E-state index in [0.29, 0.717) is 13.0 Å². The molecule has 0 aliphatic carbocycles. The molecule has 1 unspecified atom stereocenters. The third kappa shape index (κ3) is 11.4. The summed E-state index contributed by atoms with van der Waals surface area (Å²) in [5, 5.41) is 9.53. The molecule has 1 N–H and O–H groups in total. The lowest BCUT2D eigenvalue weighted by molar-refractivity contribution is -0.141. The normalized spacial score (nSPS) is 12.5. The summed E-state index contributed by atoms with van der Waals surface area (Å²) < 4.78 is 4.76. The lowest BCUT2D eigenvalue weighted by atomic mass is 10.1. The van der Waals surface area contributed by atoms with E-state index in [4.69, 9.17) is 4.74 Å². The molecule has 3 heteroatoms. The number of unbranched alkanes of at least 4 members (excludes halogenated alkanes) is 4. The van der Waals surface area contributed by atoms with E-state index in [0.717, 1.165) is 12.8 Å². The number of esters is 1. The van der Waals surface area contributed by atoms with Crippen molar-refractivity contribution < 1.29 is 14.6 Å². The zero-order valence-electron chi connectivity index (χ0n) is 10.00. The summed E-state index contributed by atoms with van der Waals surface area (Å²) in [6.07, 6.45) is 7.12.